The minimum atomic E-state index is 0.326. The molecule has 0 heterocycles. The van der Waals surface area contributed by atoms with E-state index in [-0.39, 0.29) is 0 Å². The third-order valence-corrected chi connectivity index (χ3v) is 3.09. The molecule has 0 aromatic heterocycles. The second-order valence-electron chi connectivity index (χ2n) is 0.500. The Hall–Kier alpha value is 0.956. The van der Waals surface area contributed by atoms with E-state index in [4.69, 9.17) is 0 Å². The second-order valence-corrected chi connectivity index (χ2v) is 4.12. The van der Waals surface area contributed by atoms with Gasteiger partial charge in [-0.1, -0.05) is 0 Å². The molecule has 1 N–H and O–H groups in total. The summed E-state index contributed by atoms with van der Waals surface area (Å²) in [6, 6.07) is 2.23. The zero-order valence-electron chi connectivity index (χ0n) is 3.00. The van der Waals surface area contributed by atoms with Crippen molar-refractivity contribution in [3.63, 3.8) is 0 Å². The molecule has 4 heteroatoms. The predicted octanol–water partition coefficient (Wildman–Crippen LogP) is -2.60. The molecule has 0 aromatic rings. The summed E-state index contributed by atoms with van der Waals surface area (Å²) in [4.78, 5) is 0. The van der Waals surface area contributed by atoms with E-state index < -0.39 is 0 Å². The molecule has 0 fully saturated rings. The molecular weight excluding hydrogens is 101 g/mol. The van der Waals surface area contributed by atoms with Gasteiger partial charge in [0.1, 0.15) is 0 Å². The van der Waals surface area contributed by atoms with Crippen LogP contribution in [0.1, 0.15) is 0 Å². The van der Waals surface area contributed by atoms with E-state index in [2.05, 4.69) is 9.49 Å². The Morgan fingerprint density at radius 2 is 2.25 bits per heavy atom. The van der Waals surface area contributed by atoms with Gasteiger partial charge < -0.3 is 0 Å². The summed E-state index contributed by atoms with van der Waals surface area (Å²) in [6.07, 6.45) is 0. The molecule has 0 bridgehead atoms. The molecule has 0 saturated carbocycles. The van der Waals surface area contributed by atoms with Crippen molar-refractivity contribution < 1.29 is 19.2 Å². The molecule has 1 nitrogen and oxygen atoms in total. The van der Waals surface area contributed by atoms with Crippen LogP contribution in [-0.2, 0) is 19.2 Å². The first-order valence-electron chi connectivity index (χ1n) is 1.25. The van der Waals surface area contributed by atoms with E-state index >= 15 is 0 Å². The SMILES string of the molecule is [BH2][Ti][NH][SiH3]. The Bertz CT molecular complexity index is 10.0. The van der Waals surface area contributed by atoms with Crippen LogP contribution in [0.3, 0.4) is 0 Å². The summed E-state index contributed by atoms with van der Waals surface area (Å²) in [5, 5.41) is 0. The molecule has 0 atom stereocenters. The van der Waals surface area contributed by atoms with Gasteiger partial charge in [-0.2, -0.15) is 0 Å². The predicted molar refractivity (Wildman–Crippen MR) is 21.6 cm³/mol. The fourth-order valence-electron chi connectivity index (χ4n) is 0. The van der Waals surface area contributed by atoms with Crippen molar-refractivity contribution in [3.8, 4) is 0 Å². The van der Waals surface area contributed by atoms with Gasteiger partial charge in [-0.05, 0) is 0 Å². The molecule has 4 heavy (non-hydrogen) atoms. The van der Waals surface area contributed by atoms with E-state index in [0.717, 1.165) is 0 Å². The van der Waals surface area contributed by atoms with Crippen LogP contribution in [0, 0.1) is 0 Å². The van der Waals surface area contributed by atoms with Gasteiger partial charge in [0.15, 0.2) is 0 Å². The average molecular weight is 107 g/mol. The summed E-state index contributed by atoms with van der Waals surface area (Å²) in [6.45, 7) is 0. The molecule has 0 aliphatic heterocycles. The number of rotatable bonds is 1. The third kappa shape index (κ3) is 2.96. The van der Waals surface area contributed by atoms with E-state index in [1.165, 1.54) is 10.4 Å². The first-order valence-corrected chi connectivity index (χ1v) is 4.59. The van der Waals surface area contributed by atoms with E-state index in [0.29, 0.717) is 19.2 Å². The van der Waals surface area contributed by atoms with Crippen LogP contribution in [0.2, 0.25) is 0 Å². The zero-order valence-corrected chi connectivity index (χ0v) is 6.56. The van der Waals surface area contributed by atoms with E-state index in [1.807, 2.05) is 0 Å². The van der Waals surface area contributed by atoms with Gasteiger partial charge >= 0.3 is 39.1 Å². The number of nitrogens with one attached hydrogen (secondary N) is 1. The Kier molecular flexibility index (Phi) is 4.90. The van der Waals surface area contributed by atoms with E-state index in [1.54, 1.807) is 0 Å². The topological polar surface area (TPSA) is 12.0 Å². The second kappa shape index (κ2) is 3.96. The van der Waals surface area contributed by atoms with Crippen LogP contribution >= 0.6 is 0 Å². The maximum atomic E-state index is 3.19. The standard InChI is InChI=1S/BH2.H4NSi.Ti/c;1-2;/h1H2;1H,2H3;/q+1;-1;. The van der Waals surface area contributed by atoms with Crippen LogP contribution in [-0.4, -0.2) is 16.4 Å². The molecule has 0 aliphatic rings. The Balaban J connectivity index is 1.97. The summed E-state index contributed by atoms with van der Waals surface area (Å²) in [7, 11) is 1.20. The average Bonchev–Trinajstić information content (AvgIpc) is 1.37. The van der Waals surface area contributed by atoms with Crippen LogP contribution < -0.4 is 3.46 Å². The summed E-state index contributed by atoms with van der Waals surface area (Å²) >= 11 is 0.326. The van der Waals surface area contributed by atoms with Crippen LogP contribution in [0.25, 0.3) is 0 Å². The van der Waals surface area contributed by atoms with Gasteiger partial charge in [-0.15, -0.1) is 0 Å². The first kappa shape index (κ1) is 4.96. The first-order chi connectivity index (χ1) is 1.91. The summed E-state index contributed by atoms with van der Waals surface area (Å²) in [5.41, 5.74) is 0. The van der Waals surface area contributed by atoms with Gasteiger partial charge in [0.05, 0.1) is 0 Å². The van der Waals surface area contributed by atoms with Crippen molar-refractivity contribution in [1.82, 2.24) is 3.46 Å². The number of hydrogen-bond donors (Lipinski definition) is 1. The third-order valence-electron chi connectivity index (χ3n) is 0.250. The van der Waals surface area contributed by atoms with Gasteiger partial charge in [0, 0.05) is 0 Å². The molecule has 22 valence electrons. The molecule has 0 aromatic carbocycles. The molecule has 0 unspecified atom stereocenters. The van der Waals surface area contributed by atoms with E-state index in [9.17, 15) is 0 Å². The van der Waals surface area contributed by atoms with Crippen molar-refractivity contribution in [2.24, 2.45) is 0 Å². The molecule has 0 amide bonds. The fraction of sp³-hybridized carbons (Fsp3) is 0. The molecule has 0 saturated heterocycles. The quantitative estimate of drug-likeness (QED) is 0.362. The van der Waals surface area contributed by atoms with Crippen LogP contribution in [0.15, 0.2) is 0 Å². The van der Waals surface area contributed by atoms with Gasteiger partial charge in [-0.3, -0.25) is 0 Å². The Morgan fingerprint density at radius 1 is 2.00 bits per heavy atom. The number of hydrogen-bond acceptors (Lipinski definition) is 1. The van der Waals surface area contributed by atoms with Gasteiger partial charge in [0.2, 0.25) is 0 Å². The van der Waals surface area contributed by atoms with Crippen molar-refractivity contribution in [2.75, 3.05) is 0 Å². The Morgan fingerprint density at radius 3 is 2.25 bits per heavy atom. The van der Waals surface area contributed by atoms with Crippen molar-refractivity contribution in [1.29, 1.82) is 0 Å². The molecule has 0 radical (unpaired) electrons. The van der Waals surface area contributed by atoms with Gasteiger partial charge in [-0.25, -0.2) is 0 Å². The summed E-state index contributed by atoms with van der Waals surface area (Å²) < 4.78 is 3.19. The van der Waals surface area contributed by atoms with Crippen molar-refractivity contribution in [3.05, 3.63) is 0 Å². The Labute approximate surface area is 39.5 Å². The molecule has 0 spiro atoms. The van der Waals surface area contributed by atoms with Crippen LogP contribution in [0.4, 0.5) is 0 Å². The molecule has 0 aliphatic carbocycles. The van der Waals surface area contributed by atoms with Crippen LogP contribution in [0.5, 0.6) is 0 Å². The molecular formula is H6BNSiTi. The molecule has 0 rings (SSSR count). The van der Waals surface area contributed by atoms with Crippen molar-refractivity contribution in [2.45, 2.75) is 0 Å². The monoisotopic (exact) mass is 107 g/mol. The zero-order chi connectivity index (χ0) is 3.41. The summed E-state index contributed by atoms with van der Waals surface area (Å²) in [5.74, 6) is 0. The normalized spacial score (nSPS) is 7.00. The minimum absolute atomic E-state index is 0.326. The fourth-order valence-corrected chi connectivity index (χ4v) is 0. The van der Waals surface area contributed by atoms with Crippen molar-refractivity contribution >= 4 is 16.4 Å². The maximum absolute atomic E-state index is 3.19. The van der Waals surface area contributed by atoms with Gasteiger partial charge in [0.25, 0.3) is 0 Å².